The van der Waals surface area contributed by atoms with Crippen LogP contribution >= 0.6 is 0 Å². The van der Waals surface area contributed by atoms with Gasteiger partial charge < -0.3 is 10.2 Å². The third-order valence-electron chi connectivity index (χ3n) is 7.67. The SMILES string of the molecule is C=C1[C@H](O)CC(=C/C=C2\CCC[C@]3(C)C([C@@H](C)CC)CC[C@@H]23)C[C@H]1O. The lowest BCUT2D eigenvalue weighted by Crippen LogP contribution is -2.35. The smallest absolute Gasteiger partial charge is 0.0809 e. The summed E-state index contributed by atoms with van der Waals surface area (Å²) in [7, 11) is 0. The van der Waals surface area contributed by atoms with Gasteiger partial charge in [0.1, 0.15) is 0 Å². The third kappa shape index (κ3) is 3.53. The van der Waals surface area contributed by atoms with Gasteiger partial charge in [-0.3, -0.25) is 0 Å². The first kappa shape index (κ1) is 18.9. The molecule has 6 atom stereocenters. The lowest BCUT2D eigenvalue weighted by Gasteiger charge is -2.44. The molecule has 3 saturated carbocycles. The van der Waals surface area contributed by atoms with E-state index in [1.807, 2.05) is 0 Å². The van der Waals surface area contributed by atoms with Crippen molar-refractivity contribution in [2.45, 2.75) is 84.3 Å². The van der Waals surface area contributed by atoms with E-state index in [-0.39, 0.29) is 0 Å². The Bertz CT molecular complexity index is 557. The summed E-state index contributed by atoms with van der Waals surface area (Å²) in [6.07, 6.45) is 12.5. The van der Waals surface area contributed by atoms with Crippen LogP contribution < -0.4 is 0 Å². The number of fused-ring (bicyclic) bond motifs is 1. The van der Waals surface area contributed by atoms with Crippen LogP contribution in [-0.4, -0.2) is 22.4 Å². The Labute approximate surface area is 153 Å². The van der Waals surface area contributed by atoms with Gasteiger partial charge >= 0.3 is 0 Å². The highest BCUT2D eigenvalue weighted by Gasteiger charge is 2.50. The lowest BCUT2D eigenvalue weighted by atomic mass is 9.61. The number of aliphatic hydroxyl groups excluding tert-OH is 2. The van der Waals surface area contributed by atoms with E-state index in [4.69, 9.17) is 0 Å². The van der Waals surface area contributed by atoms with Crippen LogP contribution in [0, 0.1) is 23.2 Å². The summed E-state index contributed by atoms with van der Waals surface area (Å²) in [5, 5.41) is 20.1. The van der Waals surface area contributed by atoms with E-state index in [0.717, 1.165) is 23.3 Å². The van der Waals surface area contributed by atoms with Gasteiger partial charge in [-0.1, -0.05) is 57.1 Å². The molecule has 25 heavy (non-hydrogen) atoms. The van der Waals surface area contributed by atoms with E-state index in [9.17, 15) is 10.2 Å². The highest BCUT2D eigenvalue weighted by atomic mass is 16.3. The van der Waals surface area contributed by atoms with Crippen LogP contribution in [0.1, 0.15) is 72.1 Å². The number of hydrogen-bond acceptors (Lipinski definition) is 2. The summed E-state index contributed by atoms with van der Waals surface area (Å²) in [6.45, 7) is 11.1. The van der Waals surface area contributed by atoms with E-state index < -0.39 is 12.2 Å². The molecule has 2 nitrogen and oxygen atoms in total. The molecule has 0 radical (unpaired) electrons. The van der Waals surface area contributed by atoms with Gasteiger partial charge in [0.2, 0.25) is 0 Å². The van der Waals surface area contributed by atoms with Gasteiger partial charge in [0.25, 0.3) is 0 Å². The maximum Gasteiger partial charge on any atom is 0.0809 e. The van der Waals surface area contributed by atoms with Gasteiger partial charge in [-0.2, -0.15) is 0 Å². The summed E-state index contributed by atoms with van der Waals surface area (Å²) in [6, 6.07) is 0. The maximum absolute atomic E-state index is 10.0. The van der Waals surface area contributed by atoms with Crippen LogP contribution in [-0.2, 0) is 0 Å². The average Bonchev–Trinajstić information content (AvgIpc) is 2.94. The Morgan fingerprint density at radius 1 is 1.20 bits per heavy atom. The molecule has 2 heteroatoms. The van der Waals surface area contributed by atoms with Gasteiger partial charge in [-0.15, -0.1) is 0 Å². The van der Waals surface area contributed by atoms with Crippen LogP contribution in [0.15, 0.2) is 35.5 Å². The normalized spacial score (nSPS) is 41.7. The highest BCUT2D eigenvalue weighted by molar-refractivity contribution is 5.29. The number of hydrogen-bond donors (Lipinski definition) is 2. The van der Waals surface area contributed by atoms with Crippen molar-refractivity contribution in [3.8, 4) is 0 Å². The minimum absolute atomic E-state index is 0.470. The fourth-order valence-electron chi connectivity index (χ4n) is 5.92. The van der Waals surface area contributed by atoms with Crippen molar-refractivity contribution in [2.24, 2.45) is 23.2 Å². The predicted molar refractivity (Wildman–Crippen MR) is 104 cm³/mol. The van der Waals surface area contributed by atoms with Crippen molar-refractivity contribution in [1.29, 1.82) is 0 Å². The van der Waals surface area contributed by atoms with Crippen molar-refractivity contribution in [3.63, 3.8) is 0 Å². The largest absolute Gasteiger partial charge is 0.388 e. The van der Waals surface area contributed by atoms with E-state index in [1.165, 1.54) is 38.5 Å². The lowest BCUT2D eigenvalue weighted by molar-refractivity contribution is 0.0961. The predicted octanol–water partition coefficient (Wildman–Crippen LogP) is 5.17. The Kier molecular flexibility index (Phi) is 5.60. The molecule has 0 bridgehead atoms. The van der Waals surface area contributed by atoms with Crippen LogP contribution in [0.25, 0.3) is 0 Å². The Hall–Kier alpha value is -0.860. The van der Waals surface area contributed by atoms with Gasteiger partial charge in [-0.25, -0.2) is 0 Å². The van der Waals surface area contributed by atoms with Gasteiger partial charge in [0.15, 0.2) is 0 Å². The number of allylic oxidation sites excluding steroid dienone is 3. The third-order valence-corrected chi connectivity index (χ3v) is 7.67. The van der Waals surface area contributed by atoms with Crippen molar-refractivity contribution in [3.05, 3.63) is 35.5 Å². The molecule has 2 N–H and O–H groups in total. The Balaban J connectivity index is 1.78. The van der Waals surface area contributed by atoms with Crippen LogP contribution in [0.5, 0.6) is 0 Å². The molecule has 3 aliphatic carbocycles. The summed E-state index contributed by atoms with van der Waals surface area (Å²) in [4.78, 5) is 0. The second kappa shape index (κ2) is 7.40. The topological polar surface area (TPSA) is 40.5 Å². The molecule has 0 aromatic carbocycles. The molecule has 0 heterocycles. The zero-order valence-corrected chi connectivity index (χ0v) is 16.3. The van der Waals surface area contributed by atoms with Crippen molar-refractivity contribution < 1.29 is 10.2 Å². The molecule has 0 aromatic rings. The van der Waals surface area contributed by atoms with E-state index in [0.29, 0.717) is 23.8 Å². The molecule has 0 aromatic heterocycles. The fourth-order valence-corrected chi connectivity index (χ4v) is 5.92. The van der Waals surface area contributed by atoms with Gasteiger partial charge in [-0.05, 0) is 73.7 Å². The minimum Gasteiger partial charge on any atom is -0.388 e. The second-order valence-electron chi connectivity index (χ2n) is 9.06. The molecule has 0 saturated heterocycles. The van der Waals surface area contributed by atoms with Crippen molar-refractivity contribution in [2.75, 3.05) is 0 Å². The first-order valence-electron chi connectivity index (χ1n) is 10.3. The quantitative estimate of drug-likeness (QED) is 0.693. The van der Waals surface area contributed by atoms with Crippen molar-refractivity contribution in [1.82, 2.24) is 0 Å². The monoisotopic (exact) mass is 344 g/mol. The first-order valence-corrected chi connectivity index (χ1v) is 10.3. The fraction of sp³-hybridized carbons (Fsp3) is 0.739. The van der Waals surface area contributed by atoms with E-state index in [2.05, 4.69) is 39.5 Å². The minimum atomic E-state index is -0.591. The molecule has 0 aliphatic heterocycles. The first-order chi connectivity index (χ1) is 11.9. The molecule has 0 amide bonds. The molecule has 1 unspecified atom stereocenters. The van der Waals surface area contributed by atoms with E-state index >= 15 is 0 Å². The molecule has 3 aliphatic rings. The second-order valence-corrected chi connectivity index (χ2v) is 9.06. The van der Waals surface area contributed by atoms with Crippen LogP contribution in [0.2, 0.25) is 0 Å². The maximum atomic E-state index is 10.0. The summed E-state index contributed by atoms with van der Waals surface area (Å²) in [5.41, 5.74) is 3.81. The zero-order chi connectivity index (χ0) is 18.2. The van der Waals surface area contributed by atoms with E-state index in [1.54, 1.807) is 5.57 Å². The standard InChI is InChI=1S/C23H36O2/c1-5-15(2)19-10-11-20-18(7-6-12-23(19,20)4)9-8-17-13-21(24)16(3)22(25)14-17/h8-9,15,19-22,24-25H,3,5-7,10-14H2,1-2,4H3/b18-9+/t15-,19?,20-,21+,22+,23+/m0/s1. The molecule has 0 spiro atoms. The van der Waals surface area contributed by atoms with Gasteiger partial charge in [0.05, 0.1) is 12.2 Å². The van der Waals surface area contributed by atoms with Crippen LogP contribution in [0.4, 0.5) is 0 Å². The molecular formula is C23H36O2. The van der Waals surface area contributed by atoms with Crippen molar-refractivity contribution >= 4 is 0 Å². The zero-order valence-electron chi connectivity index (χ0n) is 16.3. The summed E-state index contributed by atoms with van der Waals surface area (Å²) < 4.78 is 0. The van der Waals surface area contributed by atoms with Gasteiger partial charge in [0, 0.05) is 0 Å². The Morgan fingerprint density at radius 3 is 2.52 bits per heavy atom. The van der Waals surface area contributed by atoms with Crippen LogP contribution in [0.3, 0.4) is 0 Å². The molecule has 3 rings (SSSR count). The number of aliphatic hydroxyl groups is 2. The summed E-state index contributed by atoms with van der Waals surface area (Å²) >= 11 is 0. The molecular weight excluding hydrogens is 308 g/mol. The molecule has 140 valence electrons. The highest BCUT2D eigenvalue weighted by Crippen LogP contribution is 2.59. The summed E-state index contributed by atoms with van der Waals surface area (Å²) in [5.74, 6) is 2.41. The number of rotatable bonds is 3. The average molecular weight is 345 g/mol. The Morgan fingerprint density at radius 2 is 1.88 bits per heavy atom. The molecule has 3 fully saturated rings.